The Hall–Kier alpha value is -1.31. The fourth-order valence-corrected chi connectivity index (χ4v) is 1.26. The fourth-order valence-electron chi connectivity index (χ4n) is 1.26. The molecule has 2 aromatic rings. The number of unbranched alkanes of at least 4 members (excludes halogenated alkanes) is 1. The summed E-state index contributed by atoms with van der Waals surface area (Å²) in [6.07, 6.45) is 2.64. The highest BCUT2D eigenvalue weighted by Gasteiger charge is 1.98. The molecule has 0 aliphatic heterocycles. The molecule has 1 aromatic heterocycles. The average Bonchev–Trinajstić information content (AvgIpc) is 2.60. The number of fused-ring (bicyclic) bond motifs is 1. The van der Waals surface area contributed by atoms with Gasteiger partial charge in [-0.3, -0.25) is 5.10 Å². The Morgan fingerprint density at radius 1 is 1.13 bits per heavy atom. The third-order valence-corrected chi connectivity index (χ3v) is 2.40. The number of benzene rings is 1. The summed E-state index contributed by atoms with van der Waals surface area (Å²) in [4.78, 5) is 0. The summed E-state index contributed by atoms with van der Waals surface area (Å²) < 4.78 is 0. The van der Waals surface area contributed by atoms with Crippen LogP contribution in [0.3, 0.4) is 0 Å². The molecular weight excluding hydrogens is 184 g/mol. The van der Waals surface area contributed by atoms with Crippen LogP contribution in [0.4, 0.5) is 0 Å². The Kier molecular flexibility index (Phi) is 4.35. The van der Waals surface area contributed by atoms with Crippen LogP contribution in [0.1, 0.15) is 37.9 Å². The molecule has 1 N–H and O–H groups in total. The van der Waals surface area contributed by atoms with Gasteiger partial charge in [0.05, 0.1) is 5.52 Å². The first-order chi connectivity index (χ1) is 7.19. The maximum Gasteiger partial charge on any atom is 0.0926 e. The Balaban J connectivity index is 0.000000245. The van der Waals surface area contributed by atoms with E-state index in [4.69, 9.17) is 0 Å². The number of H-pyrrole nitrogens is 1. The van der Waals surface area contributed by atoms with Crippen LogP contribution in [0, 0.1) is 13.8 Å². The van der Waals surface area contributed by atoms with Crippen molar-refractivity contribution < 1.29 is 0 Å². The van der Waals surface area contributed by atoms with Crippen molar-refractivity contribution in [2.45, 2.75) is 40.5 Å². The first-order valence-corrected chi connectivity index (χ1v) is 5.60. The van der Waals surface area contributed by atoms with Crippen LogP contribution in [0.15, 0.2) is 18.2 Å². The highest BCUT2D eigenvalue weighted by molar-refractivity contribution is 5.81. The number of nitrogens with one attached hydrogen (secondary N) is 1. The van der Waals surface area contributed by atoms with Gasteiger partial charge in [0.2, 0.25) is 0 Å². The molecule has 0 aliphatic rings. The summed E-state index contributed by atoms with van der Waals surface area (Å²) in [5.41, 5.74) is 3.45. The second-order valence-corrected chi connectivity index (χ2v) is 3.87. The zero-order chi connectivity index (χ0) is 11.3. The average molecular weight is 204 g/mol. The molecule has 2 rings (SSSR count). The van der Waals surface area contributed by atoms with Crippen molar-refractivity contribution in [3.05, 3.63) is 29.5 Å². The van der Waals surface area contributed by atoms with Gasteiger partial charge in [-0.2, -0.15) is 5.10 Å². The third-order valence-electron chi connectivity index (χ3n) is 2.40. The molecule has 0 fully saturated rings. The van der Waals surface area contributed by atoms with Crippen LogP contribution in [0.5, 0.6) is 0 Å². The summed E-state index contributed by atoms with van der Waals surface area (Å²) in [6, 6.07) is 6.28. The molecule has 0 saturated carbocycles. The van der Waals surface area contributed by atoms with Gasteiger partial charge < -0.3 is 0 Å². The molecule has 0 spiro atoms. The lowest BCUT2D eigenvalue weighted by atomic mass is 10.1. The van der Waals surface area contributed by atoms with Gasteiger partial charge in [-0.1, -0.05) is 38.8 Å². The summed E-state index contributed by atoms with van der Waals surface area (Å²) in [5, 5.41) is 8.33. The Morgan fingerprint density at radius 3 is 2.40 bits per heavy atom. The van der Waals surface area contributed by atoms with E-state index in [0.717, 1.165) is 11.2 Å². The minimum Gasteiger partial charge on any atom is -0.282 e. The predicted molar refractivity (Wildman–Crippen MR) is 66.1 cm³/mol. The number of hydrogen-bond donors (Lipinski definition) is 1. The molecule has 0 unspecified atom stereocenters. The SMILES string of the molecule is CCCC.Cc1ccc2c(C)[nH]nc2c1. The van der Waals surface area contributed by atoms with Gasteiger partial charge in [0, 0.05) is 11.1 Å². The molecule has 0 saturated heterocycles. The summed E-state index contributed by atoms with van der Waals surface area (Å²) in [6.45, 7) is 8.47. The Bertz CT molecular complexity index is 413. The summed E-state index contributed by atoms with van der Waals surface area (Å²) in [7, 11) is 0. The molecule has 2 heteroatoms. The van der Waals surface area contributed by atoms with Gasteiger partial charge in [0.25, 0.3) is 0 Å². The van der Waals surface area contributed by atoms with Crippen molar-refractivity contribution in [3.8, 4) is 0 Å². The van der Waals surface area contributed by atoms with E-state index in [9.17, 15) is 0 Å². The largest absolute Gasteiger partial charge is 0.282 e. The minimum atomic E-state index is 1.06. The quantitative estimate of drug-likeness (QED) is 0.747. The normalized spacial score (nSPS) is 9.87. The Morgan fingerprint density at radius 2 is 1.80 bits per heavy atom. The topological polar surface area (TPSA) is 28.7 Å². The van der Waals surface area contributed by atoms with E-state index < -0.39 is 0 Å². The van der Waals surface area contributed by atoms with E-state index in [0.29, 0.717) is 0 Å². The molecule has 1 aromatic carbocycles. The molecule has 2 nitrogen and oxygen atoms in total. The molecule has 82 valence electrons. The molecular formula is C13H20N2. The highest BCUT2D eigenvalue weighted by atomic mass is 15.1. The van der Waals surface area contributed by atoms with Crippen LogP contribution in [0.2, 0.25) is 0 Å². The molecule has 0 bridgehead atoms. The standard InChI is InChI=1S/C9H10N2.C4H10/c1-6-3-4-8-7(2)10-11-9(8)5-6;1-3-4-2/h3-5H,1-2H3,(H,10,11);3-4H2,1-2H3. The van der Waals surface area contributed by atoms with Gasteiger partial charge in [-0.25, -0.2) is 0 Å². The summed E-state index contributed by atoms with van der Waals surface area (Å²) in [5.74, 6) is 0. The van der Waals surface area contributed by atoms with Gasteiger partial charge >= 0.3 is 0 Å². The minimum absolute atomic E-state index is 1.06. The van der Waals surface area contributed by atoms with E-state index in [1.54, 1.807) is 0 Å². The molecule has 0 aliphatic carbocycles. The van der Waals surface area contributed by atoms with Crippen LogP contribution < -0.4 is 0 Å². The molecule has 15 heavy (non-hydrogen) atoms. The zero-order valence-electron chi connectivity index (χ0n) is 10.1. The van der Waals surface area contributed by atoms with E-state index in [-0.39, 0.29) is 0 Å². The van der Waals surface area contributed by atoms with E-state index in [2.05, 4.69) is 49.2 Å². The summed E-state index contributed by atoms with van der Waals surface area (Å²) >= 11 is 0. The van der Waals surface area contributed by atoms with Gasteiger partial charge in [0.1, 0.15) is 0 Å². The highest BCUT2D eigenvalue weighted by Crippen LogP contribution is 2.15. The van der Waals surface area contributed by atoms with Crippen molar-refractivity contribution in [1.29, 1.82) is 0 Å². The van der Waals surface area contributed by atoms with Gasteiger partial charge in [-0.05, 0) is 25.5 Å². The first kappa shape index (κ1) is 11.8. The number of rotatable bonds is 1. The number of aromatic amines is 1. The van der Waals surface area contributed by atoms with E-state index in [1.807, 2.05) is 6.92 Å². The number of hydrogen-bond acceptors (Lipinski definition) is 1. The van der Waals surface area contributed by atoms with Crippen LogP contribution in [-0.4, -0.2) is 10.2 Å². The third kappa shape index (κ3) is 3.08. The second kappa shape index (κ2) is 5.54. The van der Waals surface area contributed by atoms with Crippen LogP contribution in [-0.2, 0) is 0 Å². The molecule has 1 heterocycles. The maximum atomic E-state index is 4.15. The smallest absolute Gasteiger partial charge is 0.0926 e. The lowest BCUT2D eigenvalue weighted by Gasteiger charge is -1.90. The van der Waals surface area contributed by atoms with Crippen LogP contribution in [0.25, 0.3) is 10.9 Å². The fraction of sp³-hybridized carbons (Fsp3) is 0.462. The van der Waals surface area contributed by atoms with E-state index >= 15 is 0 Å². The van der Waals surface area contributed by atoms with Crippen molar-refractivity contribution in [1.82, 2.24) is 10.2 Å². The van der Waals surface area contributed by atoms with Crippen molar-refractivity contribution >= 4 is 10.9 Å². The molecule has 0 amide bonds. The number of nitrogens with zero attached hydrogens (tertiary/aromatic N) is 1. The van der Waals surface area contributed by atoms with Crippen molar-refractivity contribution in [3.63, 3.8) is 0 Å². The second-order valence-electron chi connectivity index (χ2n) is 3.87. The number of aryl methyl sites for hydroxylation is 2. The van der Waals surface area contributed by atoms with Crippen molar-refractivity contribution in [2.24, 2.45) is 0 Å². The predicted octanol–water partition coefficient (Wildman–Crippen LogP) is 3.99. The first-order valence-electron chi connectivity index (χ1n) is 5.60. The van der Waals surface area contributed by atoms with E-state index in [1.165, 1.54) is 23.8 Å². The maximum absolute atomic E-state index is 4.15. The molecule has 0 atom stereocenters. The molecule has 0 radical (unpaired) electrons. The van der Waals surface area contributed by atoms with Gasteiger partial charge in [0.15, 0.2) is 0 Å². The lowest BCUT2D eigenvalue weighted by molar-refractivity contribution is 0.886. The van der Waals surface area contributed by atoms with Crippen molar-refractivity contribution in [2.75, 3.05) is 0 Å². The van der Waals surface area contributed by atoms with Gasteiger partial charge in [-0.15, -0.1) is 0 Å². The zero-order valence-corrected chi connectivity index (χ0v) is 10.1. The lowest BCUT2D eigenvalue weighted by Crippen LogP contribution is -1.71. The monoisotopic (exact) mass is 204 g/mol. The van der Waals surface area contributed by atoms with Crippen LogP contribution >= 0.6 is 0 Å². The number of aromatic nitrogens is 2. The Labute approximate surface area is 91.7 Å².